The van der Waals surface area contributed by atoms with E-state index in [2.05, 4.69) is 36.9 Å². The van der Waals surface area contributed by atoms with Gasteiger partial charge in [0.1, 0.15) is 0 Å². The predicted octanol–water partition coefficient (Wildman–Crippen LogP) is 2.80. The first-order valence-electron chi connectivity index (χ1n) is 5.50. The summed E-state index contributed by atoms with van der Waals surface area (Å²) in [6, 6.07) is 8.27. The number of hydrogen-bond acceptors (Lipinski definition) is 2. The Kier molecular flexibility index (Phi) is 4.35. The number of carbonyl (C=O) groups is 1. The molecule has 1 rings (SSSR count). The van der Waals surface area contributed by atoms with Crippen LogP contribution < -0.4 is 4.90 Å². The zero-order chi connectivity index (χ0) is 11.3. The molecular weight excluding hydrogens is 186 g/mol. The first kappa shape index (κ1) is 11.8. The Morgan fingerprint density at radius 1 is 1.33 bits per heavy atom. The van der Waals surface area contributed by atoms with Gasteiger partial charge >= 0.3 is 0 Å². The molecule has 0 unspecified atom stereocenters. The summed E-state index contributed by atoms with van der Waals surface area (Å²) in [7, 11) is 0. The third kappa shape index (κ3) is 3.39. The maximum absolute atomic E-state index is 11.4. The second kappa shape index (κ2) is 5.54. The first-order chi connectivity index (χ1) is 7.17. The van der Waals surface area contributed by atoms with Gasteiger partial charge in [0.05, 0.1) is 6.54 Å². The molecule has 0 aliphatic heterocycles. The Morgan fingerprint density at radius 3 is 2.60 bits per heavy atom. The van der Waals surface area contributed by atoms with Crippen LogP contribution >= 0.6 is 0 Å². The molecule has 0 N–H and O–H groups in total. The molecule has 82 valence electrons. The normalized spacial score (nSPS) is 10.1. The number of aryl methyl sites for hydroxylation is 1. The van der Waals surface area contributed by atoms with E-state index in [0.717, 1.165) is 12.2 Å². The van der Waals surface area contributed by atoms with Gasteiger partial charge in [-0.05, 0) is 31.5 Å². The van der Waals surface area contributed by atoms with E-state index in [0.29, 0.717) is 18.7 Å². The van der Waals surface area contributed by atoms with Crippen LogP contribution in [0.25, 0.3) is 0 Å². The molecule has 0 fully saturated rings. The highest BCUT2D eigenvalue weighted by Gasteiger charge is 2.07. The van der Waals surface area contributed by atoms with Gasteiger partial charge in [0, 0.05) is 18.7 Å². The summed E-state index contributed by atoms with van der Waals surface area (Å²) in [5, 5.41) is 0. The van der Waals surface area contributed by atoms with Crippen LogP contribution in [0.3, 0.4) is 0 Å². The van der Waals surface area contributed by atoms with Gasteiger partial charge in [0.25, 0.3) is 0 Å². The molecule has 1 aromatic rings. The van der Waals surface area contributed by atoms with Crippen molar-refractivity contribution in [1.82, 2.24) is 0 Å². The molecule has 2 heteroatoms. The van der Waals surface area contributed by atoms with E-state index in [1.54, 1.807) is 0 Å². The van der Waals surface area contributed by atoms with Crippen molar-refractivity contribution in [3.8, 4) is 0 Å². The van der Waals surface area contributed by atoms with Crippen molar-refractivity contribution in [1.29, 1.82) is 0 Å². The molecule has 0 heterocycles. The topological polar surface area (TPSA) is 20.3 Å². The van der Waals surface area contributed by atoms with Gasteiger partial charge in [0.2, 0.25) is 0 Å². The number of hydrogen-bond donors (Lipinski definition) is 0. The second-order valence-corrected chi connectivity index (χ2v) is 3.75. The van der Waals surface area contributed by atoms with Gasteiger partial charge in [0.15, 0.2) is 5.78 Å². The van der Waals surface area contributed by atoms with Crippen LogP contribution in [0.5, 0.6) is 0 Å². The number of carbonyl (C=O) groups excluding carboxylic acids is 1. The minimum atomic E-state index is 0.290. The lowest BCUT2D eigenvalue weighted by Crippen LogP contribution is -2.29. The van der Waals surface area contributed by atoms with Crippen molar-refractivity contribution in [2.24, 2.45) is 0 Å². The maximum Gasteiger partial charge on any atom is 0.151 e. The number of benzene rings is 1. The molecule has 2 nitrogen and oxygen atoms in total. The van der Waals surface area contributed by atoms with Crippen molar-refractivity contribution >= 4 is 11.5 Å². The monoisotopic (exact) mass is 205 g/mol. The summed E-state index contributed by atoms with van der Waals surface area (Å²) >= 11 is 0. The zero-order valence-corrected chi connectivity index (χ0v) is 9.79. The Balaban J connectivity index is 2.78. The van der Waals surface area contributed by atoms with Gasteiger partial charge in [-0.2, -0.15) is 0 Å². The van der Waals surface area contributed by atoms with E-state index in [1.807, 2.05) is 13.0 Å². The van der Waals surface area contributed by atoms with Crippen molar-refractivity contribution in [2.45, 2.75) is 27.2 Å². The number of rotatable bonds is 5. The third-order valence-electron chi connectivity index (χ3n) is 2.51. The van der Waals surface area contributed by atoms with E-state index >= 15 is 0 Å². The minimum absolute atomic E-state index is 0.290. The van der Waals surface area contributed by atoms with E-state index in [1.165, 1.54) is 5.56 Å². The lowest BCUT2D eigenvalue weighted by atomic mass is 10.2. The van der Waals surface area contributed by atoms with Gasteiger partial charge in [-0.15, -0.1) is 0 Å². The molecule has 0 radical (unpaired) electrons. The molecule has 0 amide bonds. The smallest absolute Gasteiger partial charge is 0.151 e. The van der Waals surface area contributed by atoms with E-state index in [4.69, 9.17) is 0 Å². The highest BCUT2D eigenvalue weighted by Crippen LogP contribution is 2.15. The fourth-order valence-corrected chi connectivity index (χ4v) is 1.54. The van der Waals surface area contributed by atoms with Crippen LogP contribution in [-0.2, 0) is 4.79 Å². The summed E-state index contributed by atoms with van der Waals surface area (Å²) in [4.78, 5) is 13.5. The fraction of sp³-hybridized carbons (Fsp3) is 0.462. The van der Waals surface area contributed by atoms with E-state index < -0.39 is 0 Å². The molecule has 0 atom stereocenters. The highest BCUT2D eigenvalue weighted by molar-refractivity contribution is 5.83. The fourth-order valence-electron chi connectivity index (χ4n) is 1.54. The molecule has 15 heavy (non-hydrogen) atoms. The Labute approximate surface area is 91.9 Å². The standard InChI is InChI=1S/C13H19NO/c1-4-13(15)10-14(5-2)12-8-6-7-11(3)9-12/h6-9H,4-5,10H2,1-3H3. The van der Waals surface area contributed by atoms with Gasteiger partial charge in [-0.25, -0.2) is 0 Å². The van der Waals surface area contributed by atoms with Crippen molar-refractivity contribution in [3.05, 3.63) is 29.8 Å². The molecule has 1 aromatic carbocycles. The second-order valence-electron chi connectivity index (χ2n) is 3.75. The number of ketones is 1. The summed E-state index contributed by atoms with van der Waals surface area (Å²) in [5.41, 5.74) is 2.37. The number of anilines is 1. The summed E-state index contributed by atoms with van der Waals surface area (Å²) in [6.45, 7) is 7.45. The summed E-state index contributed by atoms with van der Waals surface area (Å²) in [5.74, 6) is 0.290. The summed E-state index contributed by atoms with van der Waals surface area (Å²) in [6.07, 6.45) is 0.613. The maximum atomic E-state index is 11.4. The predicted molar refractivity (Wildman–Crippen MR) is 64.4 cm³/mol. The van der Waals surface area contributed by atoms with Crippen LogP contribution in [0.1, 0.15) is 25.8 Å². The SMILES string of the molecule is CCC(=O)CN(CC)c1cccc(C)c1. The molecule has 0 saturated carbocycles. The first-order valence-corrected chi connectivity index (χ1v) is 5.50. The summed E-state index contributed by atoms with van der Waals surface area (Å²) < 4.78 is 0. The quantitative estimate of drug-likeness (QED) is 0.736. The van der Waals surface area contributed by atoms with Crippen LogP contribution in [0, 0.1) is 6.92 Å². The number of nitrogens with zero attached hydrogens (tertiary/aromatic N) is 1. The average Bonchev–Trinajstić information content (AvgIpc) is 2.25. The molecule has 0 aliphatic rings. The van der Waals surface area contributed by atoms with Crippen LogP contribution in [0.4, 0.5) is 5.69 Å². The van der Waals surface area contributed by atoms with Crippen LogP contribution in [-0.4, -0.2) is 18.9 Å². The lowest BCUT2D eigenvalue weighted by molar-refractivity contribution is -0.117. The van der Waals surface area contributed by atoms with Gasteiger partial charge in [-0.3, -0.25) is 4.79 Å². The number of Topliss-reactive ketones (excluding diaryl/α,β-unsaturated/α-hetero) is 1. The Bertz CT molecular complexity index is 333. The molecule has 0 spiro atoms. The van der Waals surface area contributed by atoms with Crippen molar-refractivity contribution in [3.63, 3.8) is 0 Å². The van der Waals surface area contributed by atoms with E-state index in [9.17, 15) is 4.79 Å². The Hall–Kier alpha value is -1.31. The van der Waals surface area contributed by atoms with Crippen LogP contribution in [0.2, 0.25) is 0 Å². The van der Waals surface area contributed by atoms with Crippen molar-refractivity contribution in [2.75, 3.05) is 18.0 Å². The molecular formula is C13H19NO. The average molecular weight is 205 g/mol. The van der Waals surface area contributed by atoms with Crippen molar-refractivity contribution < 1.29 is 4.79 Å². The van der Waals surface area contributed by atoms with Gasteiger partial charge < -0.3 is 4.90 Å². The molecule has 0 bridgehead atoms. The number of likely N-dealkylation sites (N-methyl/N-ethyl adjacent to an activating group) is 1. The molecule has 0 aliphatic carbocycles. The lowest BCUT2D eigenvalue weighted by Gasteiger charge is -2.22. The van der Waals surface area contributed by atoms with Crippen LogP contribution in [0.15, 0.2) is 24.3 Å². The van der Waals surface area contributed by atoms with Gasteiger partial charge in [-0.1, -0.05) is 19.1 Å². The molecule has 0 saturated heterocycles. The Morgan fingerprint density at radius 2 is 2.07 bits per heavy atom. The third-order valence-corrected chi connectivity index (χ3v) is 2.51. The zero-order valence-electron chi connectivity index (χ0n) is 9.79. The molecule has 0 aromatic heterocycles. The minimum Gasteiger partial charge on any atom is -0.364 e. The largest absolute Gasteiger partial charge is 0.364 e. The van der Waals surface area contributed by atoms with E-state index in [-0.39, 0.29) is 0 Å². The highest BCUT2D eigenvalue weighted by atomic mass is 16.1.